The lowest BCUT2D eigenvalue weighted by atomic mass is 10.00. The van der Waals surface area contributed by atoms with Crippen LogP contribution in [0.1, 0.15) is 36.9 Å². The molecule has 1 aromatic rings. The molecular weight excluding hydrogens is 181 g/mol. The molecule has 78 valence electrons. The van der Waals surface area contributed by atoms with Gasteiger partial charge >= 0.3 is 0 Å². The highest BCUT2D eigenvalue weighted by Gasteiger charge is 2.12. The molecule has 0 aliphatic rings. The highest BCUT2D eigenvalue weighted by Crippen LogP contribution is 2.28. The van der Waals surface area contributed by atoms with Crippen molar-refractivity contribution < 1.29 is 9.50 Å². The fourth-order valence-electron chi connectivity index (χ4n) is 1.46. The van der Waals surface area contributed by atoms with Gasteiger partial charge in [0.2, 0.25) is 0 Å². The first-order valence-electron chi connectivity index (χ1n) is 4.80. The van der Waals surface area contributed by atoms with Crippen LogP contribution >= 0.6 is 0 Å². The second kappa shape index (κ2) is 4.42. The van der Waals surface area contributed by atoms with Crippen molar-refractivity contribution in [2.45, 2.75) is 32.7 Å². The molecule has 0 saturated carbocycles. The SMILES string of the molecule is CCCC(N)c1cc(C)c(F)cc1O. The zero-order valence-electron chi connectivity index (χ0n) is 8.55. The van der Waals surface area contributed by atoms with Crippen molar-refractivity contribution in [3.05, 3.63) is 29.1 Å². The lowest BCUT2D eigenvalue weighted by Gasteiger charge is -2.13. The minimum Gasteiger partial charge on any atom is -0.508 e. The molecule has 1 atom stereocenters. The Balaban J connectivity index is 3.02. The Morgan fingerprint density at radius 1 is 1.50 bits per heavy atom. The molecule has 0 radical (unpaired) electrons. The summed E-state index contributed by atoms with van der Waals surface area (Å²) in [5, 5.41) is 9.49. The fraction of sp³-hybridized carbons (Fsp3) is 0.455. The Kier molecular flexibility index (Phi) is 3.47. The minimum absolute atomic E-state index is 0.0472. The highest BCUT2D eigenvalue weighted by atomic mass is 19.1. The van der Waals surface area contributed by atoms with E-state index in [1.165, 1.54) is 0 Å². The zero-order valence-corrected chi connectivity index (χ0v) is 8.55. The quantitative estimate of drug-likeness (QED) is 0.782. The summed E-state index contributed by atoms with van der Waals surface area (Å²) in [5.41, 5.74) is 6.99. The van der Waals surface area contributed by atoms with Crippen LogP contribution in [0, 0.1) is 12.7 Å². The molecule has 3 heteroatoms. The predicted molar refractivity (Wildman–Crippen MR) is 54.6 cm³/mol. The molecule has 0 bridgehead atoms. The van der Waals surface area contributed by atoms with Crippen LogP contribution in [0.4, 0.5) is 4.39 Å². The first-order valence-corrected chi connectivity index (χ1v) is 4.80. The first kappa shape index (κ1) is 11.0. The Morgan fingerprint density at radius 3 is 2.71 bits per heavy atom. The number of halogens is 1. The molecule has 0 aromatic heterocycles. The molecule has 0 spiro atoms. The predicted octanol–water partition coefficient (Wildman–Crippen LogP) is 2.64. The van der Waals surface area contributed by atoms with Gasteiger partial charge < -0.3 is 10.8 Å². The smallest absolute Gasteiger partial charge is 0.129 e. The molecule has 3 N–H and O–H groups in total. The normalized spacial score (nSPS) is 12.9. The van der Waals surface area contributed by atoms with Gasteiger partial charge in [-0.25, -0.2) is 4.39 Å². The van der Waals surface area contributed by atoms with E-state index in [0.29, 0.717) is 11.1 Å². The third kappa shape index (κ3) is 2.23. The average molecular weight is 197 g/mol. The van der Waals surface area contributed by atoms with Gasteiger partial charge in [-0.2, -0.15) is 0 Å². The van der Waals surface area contributed by atoms with Gasteiger partial charge in [-0.05, 0) is 25.0 Å². The van der Waals surface area contributed by atoms with Crippen LogP contribution in [0.5, 0.6) is 5.75 Å². The van der Waals surface area contributed by atoms with E-state index in [4.69, 9.17) is 5.73 Å². The lowest BCUT2D eigenvalue weighted by Crippen LogP contribution is -2.10. The molecule has 1 rings (SSSR count). The Bertz CT molecular complexity index is 325. The monoisotopic (exact) mass is 197 g/mol. The van der Waals surface area contributed by atoms with Gasteiger partial charge in [0.15, 0.2) is 0 Å². The van der Waals surface area contributed by atoms with Crippen molar-refractivity contribution in [3.63, 3.8) is 0 Å². The number of rotatable bonds is 3. The van der Waals surface area contributed by atoms with E-state index in [1.54, 1.807) is 13.0 Å². The van der Waals surface area contributed by atoms with E-state index < -0.39 is 5.82 Å². The van der Waals surface area contributed by atoms with Crippen molar-refractivity contribution in [2.75, 3.05) is 0 Å². The maximum absolute atomic E-state index is 13.0. The number of phenolic OH excluding ortho intramolecular Hbond substituents is 1. The van der Waals surface area contributed by atoms with Gasteiger partial charge in [0.1, 0.15) is 11.6 Å². The lowest BCUT2D eigenvalue weighted by molar-refractivity contribution is 0.451. The summed E-state index contributed by atoms with van der Waals surface area (Å²) in [7, 11) is 0. The van der Waals surface area contributed by atoms with Crippen LogP contribution in [-0.4, -0.2) is 5.11 Å². The van der Waals surface area contributed by atoms with E-state index in [1.807, 2.05) is 6.92 Å². The molecule has 0 fully saturated rings. The summed E-state index contributed by atoms with van der Waals surface area (Å²) in [4.78, 5) is 0. The molecule has 0 aliphatic heterocycles. The van der Waals surface area contributed by atoms with Crippen molar-refractivity contribution in [2.24, 2.45) is 5.73 Å². The largest absolute Gasteiger partial charge is 0.508 e. The summed E-state index contributed by atoms with van der Waals surface area (Å²) in [5.74, 6) is -0.441. The maximum Gasteiger partial charge on any atom is 0.129 e. The molecule has 0 amide bonds. The van der Waals surface area contributed by atoms with Gasteiger partial charge in [-0.1, -0.05) is 13.3 Å². The van der Waals surface area contributed by atoms with Crippen molar-refractivity contribution in [1.29, 1.82) is 0 Å². The number of nitrogens with two attached hydrogens (primary N) is 1. The number of phenols is 1. The van der Waals surface area contributed by atoms with E-state index in [9.17, 15) is 9.50 Å². The Labute approximate surface area is 83.6 Å². The Morgan fingerprint density at radius 2 is 2.14 bits per heavy atom. The molecule has 0 aliphatic carbocycles. The summed E-state index contributed by atoms with van der Waals surface area (Å²) < 4.78 is 13.0. The van der Waals surface area contributed by atoms with Crippen LogP contribution in [0.15, 0.2) is 12.1 Å². The van der Waals surface area contributed by atoms with Crippen molar-refractivity contribution in [3.8, 4) is 5.75 Å². The molecule has 0 heterocycles. The number of aromatic hydroxyl groups is 1. The molecule has 2 nitrogen and oxygen atoms in total. The van der Waals surface area contributed by atoms with Crippen molar-refractivity contribution >= 4 is 0 Å². The van der Waals surface area contributed by atoms with Crippen molar-refractivity contribution in [1.82, 2.24) is 0 Å². The third-order valence-electron chi connectivity index (χ3n) is 2.31. The van der Waals surface area contributed by atoms with Crippen LogP contribution in [0.3, 0.4) is 0 Å². The molecule has 1 aromatic carbocycles. The van der Waals surface area contributed by atoms with Gasteiger partial charge in [0.05, 0.1) is 0 Å². The number of hydrogen-bond donors (Lipinski definition) is 2. The number of hydrogen-bond acceptors (Lipinski definition) is 2. The van der Waals surface area contributed by atoms with E-state index in [2.05, 4.69) is 0 Å². The molecule has 14 heavy (non-hydrogen) atoms. The summed E-state index contributed by atoms with van der Waals surface area (Å²) in [6.45, 7) is 3.68. The van der Waals surface area contributed by atoms with Crippen LogP contribution in [0.25, 0.3) is 0 Å². The highest BCUT2D eigenvalue weighted by molar-refractivity contribution is 5.38. The average Bonchev–Trinajstić information content (AvgIpc) is 2.11. The Hall–Kier alpha value is -1.09. The van der Waals surface area contributed by atoms with Gasteiger partial charge in [0, 0.05) is 17.7 Å². The zero-order chi connectivity index (χ0) is 10.7. The number of aryl methyl sites for hydroxylation is 1. The second-order valence-corrected chi connectivity index (χ2v) is 3.56. The topological polar surface area (TPSA) is 46.2 Å². The molecule has 1 unspecified atom stereocenters. The van der Waals surface area contributed by atoms with E-state index in [0.717, 1.165) is 18.9 Å². The summed E-state index contributed by atoms with van der Waals surface area (Å²) >= 11 is 0. The van der Waals surface area contributed by atoms with Crippen LogP contribution in [-0.2, 0) is 0 Å². The second-order valence-electron chi connectivity index (χ2n) is 3.56. The summed E-state index contributed by atoms with van der Waals surface area (Å²) in [6.07, 6.45) is 1.73. The summed E-state index contributed by atoms with van der Waals surface area (Å²) in [6, 6.07) is 2.53. The molecular formula is C11H16FNO. The van der Waals surface area contributed by atoms with E-state index in [-0.39, 0.29) is 11.8 Å². The van der Waals surface area contributed by atoms with Crippen LogP contribution < -0.4 is 5.73 Å². The van der Waals surface area contributed by atoms with Crippen LogP contribution in [0.2, 0.25) is 0 Å². The molecule has 0 saturated heterocycles. The van der Waals surface area contributed by atoms with Gasteiger partial charge in [-0.15, -0.1) is 0 Å². The fourth-order valence-corrected chi connectivity index (χ4v) is 1.46. The maximum atomic E-state index is 13.0. The minimum atomic E-state index is -0.394. The first-order chi connectivity index (χ1) is 6.56. The van der Waals surface area contributed by atoms with E-state index >= 15 is 0 Å². The van der Waals surface area contributed by atoms with Gasteiger partial charge in [0.25, 0.3) is 0 Å². The third-order valence-corrected chi connectivity index (χ3v) is 2.31. The standard InChI is InChI=1S/C11H16FNO/c1-3-4-10(13)8-5-7(2)9(12)6-11(8)14/h5-6,10,14H,3-4,13H2,1-2H3. The van der Waals surface area contributed by atoms with Gasteiger partial charge in [-0.3, -0.25) is 0 Å². The number of benzene rings is 1.